The van der Waals surface area contributed by atoms with E-state index in [4.69, 9.17) is 5.73 Å². The van der Waals surface area contributed by atoms with Gasteiger partial charge in [0.15, 0.2) is 6.29 Å². The van der Waals surface area contributed by atoms with Crippen LogP contribution in [0.5, 0.6) is 0 Å². The molecule has 0 amide bonds. The fourth-order valence-corrected chi connectivity index (χ4v) is 0.879. The smallest absolute Gasteiger partial charge is 0.153 e. The molecule has 1 aromatic heterocycles. The molecule has 1 aromatic rings. The lowest BCUT2D eigenvalue weighted by molar-refractivity contribution is -0.103. The van der Waals surface area contributed by atoms with Crippen LogP contribution >= 0.6 is 0 Å². The Morgan fingerprint density at radius 3 is 2.92 bits per heavy atom. The molecule has 0 fully saturated rings. The highest BCUT2D eigenvalue weighted by Crippen LogP contribution is 2.08. The fraction of sp³-hybridized carbons (Fsp3) is 0.111. The number of nitrogens with two attached hydrogens (primary N) is 1. The summed E-state index contributed by atoms with van der Waals surface area (Å²) >= 11 is 0. The second kappa shape index (κ2) is 3.67. The number of aryl methyl sites for hydroxylation is 1. The lowest BCUT2D eigenvalue weighted by atomic mass is 10.1. The minimum atomic E-state index is 0.415. The van der Waals surface area contributed by atoms with Crippen molar-refractivity contribution in [1.82, 2.24) is 4.98 Å². The van der Waals surface area contributed by atoms with Crippen molar-refractivity contribution in [1.29, 1.82) is 0 Å². The van der Waals surface area contributed by atoms with Crippen molar-refractivity contribution in [3.8, 4) is 0 Å². The number of hydrogen-bond donors (Lipinski definition) is 1. The van der Waals surface area contributed by atoms with E-state index >= 15 is 0 Å². The number of hydrogen-bond acceptors (Lipinski definition) is 3. The summed E-state index contributed by atoms with van der Waals surface area (Å²) in [4.78, 5) is 14.5. The van der Waals surface area contributed by atoms with Gasteiger partial charge in [-0.25, -0.2) is 0 Å². The predicted molar refractivity (Wildman–Crippen MR) is 47.2 cm³/mol. The minimum Gasteiger partial charge on any atom is -0.404 e. The van der Waals surface area contributed by atoms with Gasteiger partial charge in [0, 0.05) is 12.4 Å². The second-order valence-corrected chi connectivity index (χ2v) is 2.46. The molecule has 0 atom stereocenters. The Morgan fingerprint density at radius 1 is 1.67 bits per heavy atom. The van der Waals surface area contributed by atoms with E-state index in [1.54, 1.807) is 6.20 Å². The number of carbonyl (C=O) groups excluding carboxylic acids is 1. The molecule has 0 bridgehead atoms. The highest BCUT2D eigenvalue weighted by atomic mass is 16.1. The fourth-order valence-electron chi connectivity index (χ4n) is 0.879. The van der Waals surface area contributed by atoms with E-state index in [9.17, 15) is 4.79 Å². The number of pyridine rings is 1. The molecular weight excluding hydrogens is 152 g/mol. The Balaban J connectivity index is 3.10. The number of nitrogens with zero attached hydrogens (tertiary/aromatic N) is 1. The van der Waals surface area contributed by atoms with Crippen LogP contribution in [-0.4, -0.2) is 11.3 Å². The zero-order valence-electron chi connectivity index (χ0n) is 6.82. The van der Waals surface area contributed by atoms with Crippen LogP contribution in [-0.2, 0) is 4.79 Å². The quantitative estimate of drug-likeness (QED) is 0.519. The van der Waals surface area contributed by atoms with Gasteiger partial charge < -0.3 is 5.73 Å². The van der Waals surface area contributed by atoms with Crippen LogP contribution in [0, 0.1) is 6.92 Å². The third-order valence-electron chi connectivity index (χ3n) is 1.52. The van der Waals surface area contributed by atoms with Crippen LogP contribution in [0.15, 0.2) is 24.5 Å². The first-order valence-corrected chi connectivity index (χ1v) is 3.58. The summed E-state index contributed by atoms with van der Waals surface area (Å²) in [5.41, 5.74) is 7.32. The van der Waals surface area contributed by atoms with E-state index < -0.39 is 0 Å². The maximum Gasteiger partial charge on any atom is 0.153 e. The van der Waals surface area contributed by atoms with E-state index in [1.807, 2.05) is 19.1 Å². The largest absolute Gasteiger partial charge is 0.404 e. The van der Waals surface area contributed by atoms with Gasteiger partial charge in [0.05, 0.1) is 11.3 Å². The van der Waals surface area contributed by atoms with Gasteiger partial charge in [0.2, 0.25) is 0 Å². The molecule has 0 radical (unpaired) electrons. The van der Waals surface area contributed by atoms with Gasteiger partial charge in [0.1, 0.15) is 0 Å². The van der Waals surface area contributed by atoms with Gasteiger partial charge in [-0.05, 0) is 24.6 Å². The molecule has 0 aliphatic rings. The average Bonchev–Trinajstić information content (AvgIpc) is 2.07. The van der Waals surface area contributed by atoms with Crippen molar-refractivity contribution in [2.24, 2.45) is 5.73 Å². The van der Waals surface area contributed by atoms with Crippen LogP contribution in [0.4, 0.5) is 0 Å². The molecule has 62 valence electrons. The Morgan fingerprint density at radius 2 is 2.42 bits per heavy atom. The first-order chi connectivity index (χ1) is 5.77. The Labute approximate surface area is 70.9 Å². The SMILES string of the molecule is Cc1ccnc(/C(C=O)=C\N)c1. The van der Waals surface area contributed by atoms with Crippen molar-refractivity contribution < 1.29 is 4.79 Å². The molecule has 0 aliphatic carbocycles. The summed E-state index contributed by atoms with van der Waals surface area (Å²) in [5, 5.41) is 0. The van der Waals surface area contributed by atoms with Crippen molar-refractivity contribution in [2.45, 2.75) is 6.92 Å². The molecule has 0 unspecified atom stereocenters. The summed E-state index contributed by atoms with van der Waals surface area (Å²) in [6.07, 6.45) is 3.61. The highest BCUT2D eigenvalue weighted by Gasteiger charge is 1.99. The van der Waals surface area contributed by atoms with Crippen molar-refractivity contribution in [3.05, 3.63) is 35.8 Å². The maximum atomic E-state index is 10.5. The number of carbonyl (C=O) groups is 1. The molecule has 12 heavy (non-hydrogen) atoms. The minimum absolute atomic E-state index is 0.415. The average molecular weight is 162 g/mol. The molecule has 1 rings (SSSR count). The van der Waals surface area contributed by atoms with Gasteiger partial charge in [-0.2, -0.15) is 0 Å². The summed E-state index contributed by atoms with van der Waals surface area (Å²) < 4.78 is 0. The lowest BCUT2D eigenvalue weighted by Crippen LogP contribution is -1.94. The monoisotopic (exact) mass is 162 g/mol. The number of aldehydes is 1. The molecule has 0 aromatic carbocycles. The molecule has 0 saturated heterocycles. The molecule has 1 heterocycles. The molecular formula is C9H10N2O. The van der Waals surface area contributed by atoms with Crippen LogP contribution in [0.2, 0.25) is 0 Å². The number of allylic oxidation sites excluding steroid dienone is 1. The Bertz CT molecular complexity index is 318. The second-order valence-electron chi connectivity index (χ2n) is 2.46. The Kier molecular flexibility index (Phi) is 2.58. The zero-order chi connectivity index (χ0) is 8.97. The summed E-state index contributed by atoms with van der Waals surface area (Å²) in [5.74, 6) is 0. The van der Waals surface area contributed by atoms with Gasteiger partial charge in [-0.1, -0.05) is 0 Å². The molecule has 0 aliphatic heterocycles. The van der Waals surface area contributed by atoms with E-state index in [0.717, 1.165) is 5.56 Å². The van der Waals surface area contributed by atoms with E-state index in [1.165, 1.54) is 6.20 Å². The van der Waals surface area contributed by atoms with Crippen LogP contribution < -0.4 is 5.73 Å². The number of rotatable bonds is 2. The summed E-state index contributed by atoms with van der Waals surface area (Å²) in [7, 11) is 0. The van der Waals surface area contributed by atoms with Crippen LogP contribution in [0.3, 0.4) is 0 Å². The van der Waals surface area contributed by atoms with Crippen molar-refractivity contribution >= 4 is 11.9 Å². The topological polar surface area (TPSA) is 56.0 Å². The number of aromatic nitrogens is 1. The van der Waals surface area contributed by atoms with Gasteiger partial charge >= 0.3 is 0 Å². The van der Waals surface area contributed by atoms with Crippen molar-refractivity contribution in [2.75, 3.05) is 0 Å². The normalized spacial score (nSPS) is 11.2. The third-order valence-corrected chi connectivity index (χ3v) is 1.52. The maximum absolute atomic E-state index is 10.5. The first kappa shape index (κ1) is 8.46. The lowest BCUT2D eigenvalue weighted by Gasteiger charge is -1.98. The van der Waals surface area contributed by atoms with Gasteiger partial charge in [-0.3, -0.25) is 9.78 Å². The van der Waals surface area contributed by atoms with E-state index in [2.05, 4.69) is 4.98 Å². The van der Waals surface area contributed by atoms with E-state index in [0.29, 0.717) is 17.6 Å². The molecule has 3 heteroatoms. The van der Waals surface area contributed by atoms with Crippen LogP contribution in [0.25, 0.3) is 5.57 Å². The standard InChI is InChI=1S/C9H10N2O/c1-7-2-3-11-9(4-7)8(5-10)6-12/h2-6H,10H2,1H3/b8-5-. The molecule has 0 spiro atoms. The highest BCUT2D eigenvalue weighted by molar-refractivity contribution is 6.05. The summed E-state index contributed by atoms with van der Waals surface area (Å²) in [6, 6.07) is 3.68. The third kappa shape index (κ3) is 1.69. The van der Waals surface area contributed by atoms with Gasteiger partial charge in [0.25, 0.3) is 0 Å². The molecule has 2 N–H and O–H groups in total. The van der Waals surface area contributed by atoms with Crippen LogP contribution in [0.1, 0.15) is 11.3 Å². The Hall–Kier alpha value is -1.64. The zero-order valence-corrected chi connectivity index (χ0v) is 6.82. The summed E-state index contributed by atoms with van der Waals surface area (Å²) in [6.45, 7) is 1.93. The first-order valence-electron chi connectivity index (χ1n) is 3.58. The van der Waals surface area contributed by atoms with Crippen molar-refractivity contribution in [3.63, 3.8) is 0 Å². The molecule has 0 saturated carbocycles. The van der Waals surface area contributed by atoms with E-state index in [-0.39, 0.29) is 0 Å². The van der Waals surface area contributed by atoms with Gasteiger partial charge in [-0.15, -0.1) is 0 Å². The molecule has 3 nitrogen and oxygen atoms in total. The predicted octanol–water partition coefficient (Wildman–Crippen LogP) is 0.889.